The highest BCUT2D eigenvalue weighted by molar-refractivity contribution is 6.40. The Hall–Kier alpha value is -0.275. The van der Waals surface area contributed by atoms with Gasteiger partial charge in [0.15, 0.2) is 0 Å². The molecule has 0 saturated carbocycles. The fraction of sp³-hybridized carbons (Fsp3) is 0.857. The number of hydrogen-bond donors (Lipinski definition) is 1. The Balaban J connectivity index is 5.12. The maximum atomic E-state index is 9.77. The Morgan fingerprint density at radius 2 is 1.88 bits per heavy atom. The Morgan fingerprint density at radius 3 is 2.18 bits per heavy atom. The molecule has 2 unspecified atom stereocenters. The molecule has 0 rings (SSSR count). The second kappa shape index (κ2) is 7.94. The molecule has 0 aromatic heterocycles. The SMILES string of the molecule is C[B]/C=C/C(C(C)C)C(CO)(CC(C)C)OC. The quantitative estimate of drug-likeness (QED) is 0.660. The van der Waals surface area contributed by atoms with Gasteiger partial charge in [-0.15, -0.1) is 5.98 Å². The highest BCUT2D eigenvalue weighted by Gasteiger charge is 2.39. The summed E-state index contributed by atoms with van der Waals surface area (Å²) in [4.78, 5) is 0. The molecule has 0 fully saturated rings. The number of aliphatic hydroxyl groups excluding tert-OH is 1. The largest absolute Gasteiger partial charge is 0.393 e. The van der Waals surface area contributed by atoms with Crippen molar-refractivity contribution in [3.8, 4) is 0 Å². The summed E-state index contributed by atoms with van der Waals surface area (Å²) >= 11 is 0. The first-order valence-corrected chi connectivity index (χ1v) is 6.55. The van der Waals surface area contributed by atoms with Crippen molar-refractivity contribution < 1.29 is 9.84 Å². The minimum atomic E-state index is -0.457. The minimum Gasteiger partial charge on any atom is -0.393 e. The van der Waals surface area contributed by atoms with Crippen LogP contribution in [0.5, 0.6) is 0 Å². The molecule has 0 spiro atoms. The van der Waals surface area contributed by atoms with E-state index in [2.05, 4.69) is 39.7 Å². The maximum Gasteiger partial charge on any atom is 0.137 e. The Kier molecular flexibility index (Phi) is 7.81. The summed E-state index contributed by atoms with van der Waals surface area (Å²) in [6, 6.07) is 0. The number of aliphatic hydroxyl groups is 1. The molecule has 0 bridgehead atoms. The second-order valence-electron chi connectivity index (χ2n) is 5.51. The molecule has 0 aliphatic heterocycles. The van der Waals surface area contributed by atoms with Gasteiger partial charge < -0.3 is 9.84 Å². The van der Waals surface area contributed by atoms with E-state index in [9.17, 15) is 5.11 Å². The third-order valence-corrected chi connectivity index (χ3v) is 3.26. The van der Waals surface area contributed by atoms with Gasteiger partial charge in [-0.3, -0.25) is 0 Å². The van der Waals surface area contributed by atoms with Crippen LogP contribution < -0.4 is 0 Å². The fourth-order valence-corrected chi connectivity index (χ4v) is 2.52. The van der Waals surface area contributed by atoms with Crippen molar-refractivity contribution in [1.82, 2.24) is 0 Å². The van der Waals surface area contributed by atoms with Gasteiger partial charge in [0.05, 0.1) is 12.2 Å². The first-order chi connectivity index (χ1) is 7.93. The van der Waals surface area contributed by atoms with E-state index in [1.165, 1.54) is 0 Å². The molecule has 17 heavy (non-hydrogen) atoms. The zero-order chi connectivity index (χ0) is 13.5. The fourth-order valence-electron chi connectivity index (χ4n) is 2.52. The zero-order valence-electron chi connectivity index (χ0n) is 12.2. The van der Waals surface area contributed by atoms with Gasteiger partial charge in [0.25, 0.3) is 0 Å². The van der Waals surface area contributed by atoms with E-state index in [0.717, 1.165) is 6.42 Å². The summed E-state index contributed by atoms with van der Waals surface area (Å²) in [6.45, 7) is 10.7. The summed E-state index contributed by atoms with van der Waals surface area (Å²) < 4.78 is 5.70. The standard InChI is InChI=1S/C14H28BO2/c1-11(2)9-14(10-16,17-6)13(12(3)4)7-8-15-5/h7-8,11-13,16H,9-10H2,1-6H3/b8-7+. The molecule has 0 aromatic rings. The van der Waals surface area contributed by atoms with Gasteiger partial charge in [0, 0.05) is 13.0 Å². The summed E-state index contributed by atoms with van der Waals surface area (Å²) in [5.74, 6) is 3.23. The van der Waals surface area contributed by atoms with Gasteiger partial charge in [-0.25, -0.2) is 0 Å². The van der Waals surface area contributed by atoms with Gasteiger partial charge in [-0.2, -0.15) is 0 Å². The van der Waals surface area contributed by atoms with Gasteiger partial charge >= 0.3 is 0 Å². The van der Waals surface area contributed by atoms with E-state index in [-0.39, 0.29) is 12.5 Å². The number of hydrogen-bond acceptors (Lipinski definition) is 2. The second-order valence-corrected chi connectivity index (χ2v) is 5.51. The molecule has 0 amide bonds. The van der Waals surface area contributed by atoms with Crippen LogP contribution in [0.15, 0.2) is 12.1 Å². The van der Waals surface area contributed by atoms with Crippen LogP contribution in [0.2, 0.25) is 6.82 Å². The van der Waals surface area contributed by atoms with Crippen LogP contribution in [-0.2, 0) is 4.74 Å². The van der Waals surface area contributed by atoms with Crippen LogP contribution in [0.1, 0.15) is 34.1 Å². The van der Waals surface area contributed by atoms with Crippen LogP contribution >= 0.6 is 0 Å². The molecule has 99 valence electrons. The number of methoxy groups -OCH3 is 1. The van der Waals surface area contributed by atoms with Crippen molar-refractivity contribution in [2.24, 2.45) is 17.8 Å². The molecule has 3 heteroatoms. The van der Waals surface area contributed by atoms with Gasteiger partial charge in [-0.1, -0.05) is 40.6 Å². The molecular weight excluding hydrogens is 211 g/mol. The van der Waals surface area contributed by atoms with E-state index >= 15 is 0 Å². The zero-order valence-corrected chi connectivity index (χ0v) is 12.2. The van der Waals surface area contributed by atoms with Crippen LogP contribution in [0, 0.1) is 17.8 Å². The lowest BCUT2D eigenvalue weighted by Gasteiger charge is -2.40. The molecule has 1 radical (unpaired) electrons. The van der Waals surface area contributed by atoms with Crippen molar-refractivity contribution in [1.29, 1.82) is 0 Å². The average molecular weight is 239 g/mol. The molecule has 0 aliphatic carbocycles. The van der Waals surface area contributed by atoms with Crippen LogP contribution in [-0.4, -0.2) is 31.7 Å². The Bertz CT molecular complexity index is 220. The lowest BCUT2D eigenvalue weighted by Crippen LogP contribution is -2.46. The van der Waals surface area contributed by atoms with Crippen LogP contribution in [0.25, 0.3) is 0 Å². The smallest absolute Gasteiger partial charge is 0.137 e. The predicted octanol–water partition coefficient (Wildman–Crippen LogP) is 2.95. The predicted molar refractivity (Wildman–Crippen MR) is 75.4 cm³/mol. The highest BCUT2D eigenvalue weighted by Crippen LogP contribution is 2.34. The van der Waals surface area contributed by atoms with Crippen molar-refractivity contribution in [3.63, 3.8) is 0 Å². The molecule has 0 saturated heterocycles. The van der Waals surface area contributed by atoms with E-state index in [1.54, 1.807) is 7.11 Å². The van der Waals surface area contributed by atoms with Crippen molar-refractivity contribution in [2.45, 2.75) is 46.5 Å². The van der Waals surface area contributed by atoms with Crippen molar-refractivity contribution >= 4 is 7.28 Å². The van der Waals surface area contributed by atoms with Gasteiger partial charge in [-0.05, 0) is 18.3 Å². The molecule has 2 nitrogen and oxygen atoms in total. The maximum absolute atomic E-state index is 9.77. The topological polar surface area (TPSA) is 29.5 Å². The molecule has 0 heterocycles. The first kappa shape index (κ1) is 16.7. The molecule has 2 atom stereocenters. The van der Waals surface area contributed by atoms with E-state index in [1.807, 2.05) is 14.1 Å². The van der Waals surface area contributed by atoms with Gasteiger partial charge in [0.1, 0.15) is 7.28 Å². The minimum absolute atomic E-state index is 0.0680. The van der Waals surface area contributed by atoms with Crippen LogP contribution in [0.3, 0.4) is 0 Å². The third-order valence-electron chi connectivity index (χ3n) is 3.26. The lowest BCUT2D eigenvalue weighted by atomic mass is 9.72. The van der Waals surface area contributed by atoms with Gasteiger partial charge in [0.2, 0.25) is 0 Å². The summed E-state index contributed by atoms with van der Waals surface area (Å²) in [5, 5.41) is 9.77. The summed E-state index contributed by atoms with van der Waals surface area (Å²) in [5.41, 5.74) is -0.457. The van der Waals surface area contributed by atoms with E-state index in [4.69, 9.17) is 4.74 Å². The molecular formula is C14H28BO2. The van der Waals surface area contributed by atoms with Crippen LogP contribution in [0.4, 0.5) is 0 Å². The number of ether oxygens (including phenoxy) is 1. The Morgan fingerprint density at radius 1 is 1.29 bits per heavy atom. The monoisotopic (exact) mass is 239 g/mol. The number of rotatable bonds is 8. The van der Waals surface area contributed by atoms with Crippen molar-refractivity contribution in [3.05, 3.63) is 12.1 Å². The third kappa shape index (κ3) is 4.85. The Labute approximate surface area is 108 Å². The van der Waals surface area contributed by atoms with E-state index in [0.29, 0.717) is 11.8 Å². The molecule has 0 aliphatic rings. The van der Waals surface area contributed by atoms with Crippen molar-refractivity contribution in [2.75, 3.05) is 13.7 Å². The lowest BCUT2D eigenvalue weighted by molar-refractivity contribution is -0.103. The summed E-state index contributed by atoms with van der Waals surface area (Å²) in [7, 11) is 3.72. The summed E-state index contributed by atoms with van der Waals surface area (Å²) in [6.07, 6.45) is 3.03. The first-order valence-electron chi connectivity index (χ1n) is 6.55. The highest BCUT2D eigenvalue weighted by atomic mass is 16.5. The molecule has 1 N–H and O–H groups in total. The average Bonchev–Trinajstić information content (AvgIpc) is 2.26. The van der Waals surface area contributed by atoms with E-state index < -0.39 is 5.60 Å². The molecule has 0 aromatic carbocycles. The normalized spacial score (nSPS) is 17.7.